The predicted octanol–water partition coefficient (Wildman–Crippen LogP) is 0.116. The fourth-order valence-electron chi connectivity index (χ4n) is 1.03. The van der Waals surface area contributed by atoms with Crippen LogP contribution in [0.5, 0.6) is 0 Å². The van der Waals surface area contributed by atoms with Crippen molar-refractivity contribution in [2.45, 2.75) is 0 Å². The number of hydrogen-bond donors (Lipinski definition) is 1. The number of aromatic nitrogens is 4. The average molecular weight is 186 g/mol. The van der Waals surface area contributed by atoms with Gasteiger partial charge in [0.1, 0.15) is 17.5 Å². The first kappa shape index (κ1) is 8.19. The Morgan fingerprint density at radius 3 is 2.79 bits per heavy atom. The van der Waals surface area contributed by atoms with Crippen molar-refractivity contribution in [3.8, 4) is 11.9 Å². The van der Waals surface area contributed by atoms with Crippen molar-refractivity contribution in [1.29, 1.82) is 5.26 Å². The lowest BCUT2D eigenvalue weighted by molar-refractivity contribution is 0.847. The molecule has 0 atom stereocenters. The summed E-state index contributed by atoms with van der Waals surface area (Å²) < 4.78 is 1.37. The maximum absolute atomic E-state index is 8.66. The molecule has 68 valence electrons. The molecule has 6 heteroatoms. The monoisotopic (exact) mass is 186 g/mol. The van der Waals surface area contributed by atoms with E-state index in [0.717, 1.165) is 0 Å². The number of anilines is 1. The zero-order chi connectivity index (χ0) is 9.97. The van der Waals surface area contributed by atoms with E-state index in [1.165, 1.54) is 23.3 Å². The van der Waals surface area contributed by atoms with Gasteiger partial charge in [0.2, 0.25) is 0 Å². The lowest BCUT2D eigenvalue weighted by Gasteiger charge is -2.00. The van der Waals surface area contributed by atoms with Gasteiger partial charge in [-0.25, -0.2) is 4.98 Å². The summed E-state index contributed by atoms with van der Waals surface area (Å²) in [6.07, 6.45) is 5.99. The first-order valence-electron chi connectivity index (χ1n) is 3.83. The molecule has 0 aliphatic heterocycles. The van der Waals surface area contributed by atoms with Gasteiger partial charge in [-0.3, -0.25) is 4.98 Å². The Bertz CT molecular complexity index is 480. The van der Waals surface area contributed by atoms with E-state index < -0.39 is 0 Å². The minimum atomic E-state index is 0.271. The maximum Gasteiger partial charge on any atom is 0.174 e. The fourth-order valence-corrected chi connectivity index (χ4v) is 1.03. The van der Waals surface area contributed by atoms with Crippen molar-refractivity contribution in [1.82, 2.24) is 19.7 Å². The number of rotatable bonds is 1. The van der Waals surface area contributed by atoms with E-state index in [0.29, 0.717) is 11.4 Å². The second-order valence-corrected chi connectivity index (χ2v) is 2.53. The summed E-state index contributed by atoms with van der Waals surface area (Å²) in [4.78, 5) is 7.88. The van der Waals surface area contributed by atoms with Crippen LogP contribution in [-0.4, -0.2) is 19.7 Å². The van der Waals surface area contributed by atoms with E-state index in [9.17, 15) is 0 Å². The second kappa shape index (κ2) is 3.14. The normalized spacial score (nSPS) is 9.64. The zero-order valence-corrected chi connectivity index (χ0v) is 7.12. The van der Waals surface area contributed by atoms with Crippen molar-refractivity contribution >= 4 is 5.82 Å². The van der Waals surface area contributed by atoms with E-state index >= 15 is 0 Å². The van der Waals surface area contributed by atoms with E-state index in [1.54, 1.807) is 6.20 Å². The van der Waals surface area contributed by atoms with Crippen molar-refractivity contribution in [2.24, 2.45) is 0 Å². The molecule has 0 radical (unpaired) electrons. The van der Waals surface area contributed by atoms with Crippen LogP contribution in [0.4, 0.5) is 5.82 Å². The number of nitrogens with zero attached hydrogens (tertiary/aromatic N) is 5. The predicted molar refractivity (Wildman–Crippen MR) is 48.3 cm³/mol. The maximum atomic E-state index is 8.66. The molecule has 0 fully saturated rings. The summed E-state index contributed by atoms with van der Waals surface area (Å²) in [5, 5.41) is 12.6. The van der Waals surface area contributed by atoms with Gasteiger partial charge in [-0.05, 0) is 0 Å². The van der Waals surface area contributed by atoms with Gasteiger partial charge in [0.25, 0.3) is 0 Å². The van der Waals surface area contributed by atoms with E-state index in [1.807, 2.05) is 6.07 Å². The minimum Gasteiger partial charge on any atom is -0.382 e. The standard InChI is InChI=1S/C8H6N6/c9-3-6-4-13-14(8(6)10)7-5-11-1-2-12-7/h1-2,4-5H,10H2. The van der Waals surface area contributed by atoms with Gasteiger partial charge in [0.05, 0.1) is 12.4 Å². The Balaban J connectivity index is 2.54. The average Bonchev–Trinajstić information content (AvgIpc) is 2.61. The SMILES string of the molecule is N#Cc1cnn(-c2cnccn2)c1N. The van der Waals surface area contributed by atoms with E-state index in [-0.39, 0.29) is 5.82 Å². The van der Waals surface area contributed by atoms with Crippen LogP contribution in [0.3, 0.4) is 0 Å². The summed E-state index contributed by atoms with van der Waals surface area (Å²) in [5.74, 6) is 0.763. The van der Waals surface area contributed by atoms with E-state index in [4.69, 9.17) is 11.0 Å². The van der Waals surface area contributed by atoms with Gasteiger partial charge >= 0.3 is 0 Å². The van der Waals surface area contributed by atoms with Gasteiger partial charge in [-0.2, -0.15) is 15.0 Å². The van der Waals surface area contributed by atoms with Gasteiger partial charge in [0.15, 0.2) is 5.82 Å². The lowest BCUT2D eigenvalue weighted by atomic mass is 10.4. The molecule has 0 amide bonds. The van der Waals surface area contributed by atoms with Gasteiger partial charge in [-0.1, -0.05) is 0 Å². The molecule has 0 aromatic carbocycles. The van der Waals surface area contributed by atoms with E-state index in [2.05, 4.69) is 15.1 Å². The third kappa shape index (κ3) is 1.17. The molecule has 0 unspecified atom stereocenters. The Morgan fingerprint density at radius 2 is 2.21 bits per heavy atom. The molecule has 2 aromatic heterocycles. The smallest absolute Gasteiger partial charge is 0.174 e. The highest BCUT2D eigenvalue weighted by Gasteiger charge is 2.08. The fraction of sp³-hybridized carbons (Fsp3) is 0. The molecule has 14 heavy (non-hydrogen) atoms. The molecular formula is C8H6N6. The quantitative estimate of drug-likeness (QED) is 0.682. The highest BCUT2D eigenvalue weighted by Crippen LogP contribution is 2.12. The summed E-state index contributed by atoms with van der Waals surface area (Å²) in [5.41, 5.74) is 5.99. The molecular weight excluding hydrogens is 180 g/mol. The van der Waals surface area contributed by atoms with Gasteiger partial charge < -0.3 is 5.73 Å². The molecule has 2 heterocycles. The lowest BCUT2D eigenvalue weighted by Crippen LogP contribution is -2.04. The molecule has 0 aliphatic carbocycles. The van der Waals surface area contributed by atoms with Crippen LogP contribution >= 0.6 is 0 Å². The largest absolute Gasteiger partial charge is 0.382 e. The zero-order valence-electron chi connectivity index (χ0n) is 7.12. The molecule has 0 aliphatic rings. The van der Waals surface area contributed by atoms with Gasteiger partial charge in [0, 0.05) is 12.4 Å². The Morgan fingerprint density at radius 1 is 1.36 bits per heavy atom. The number of nitrogens with two attached hydrogens (primary N) is 1. The first-order valence-corrected chi connectivity index (χ1v) is 3.83. The summed E-state index contributed by atoms with van der Waals surface area (Å²) in [6, 6.07) is 1.93. The Hall–Kier alpha value is -2.42. The van der Waals surface area contributed by atoms with Crippen molar-refractivity contribution < 1.29 is 0 Å². The first-order chi connectivity index (χ1) is 6.83. The number of hydrogen-bond acceptors (Lipinski definition) is 5. The number of nitrogen functional groups attached to an aromatic ring is 1. The number of nitriles is 1. The van der Waals surface area contributed by atoms with Crippen molar-refractivity contribution in [3.05, 3.63) is 30.4 Å². The second-order valence-electron chi connectivity index (χ2n) is 2.53. The summed E-state index contributed by atoms with van der Waals surface area (Å²) >= 11 is 0. The van der Waals surface area contributed by atoms with Crippen LogP contribution in [0.25, 0.3) is 5.82 Å². The molecule has 2 rings (SSSR count). The Kier molecular flexibility index (Phi) is 1.84. The molecule has 0 saturated carbocycles. The third-order valence-electron chi connectivity index (χ3n) is 1.69. The molecule has 6 nitrogen and oxygen atoms in total. The topological polar surface area (TPSA) is 93.4 Å². The minimum absolute atomic E-state index is 0.271. The molecule has 2 aromatic rings. The highest BCUT2D eigenvalue weighted by molar-refractivity contribution is 5.50. The van der Waals surface area contributed by atoms with Crippen molar-refractivity contribution in [3.63, 3.8) is 0 Å². The molecule has 0 spiro atoms. The summed E-state index contributed by atoms with van der Waals surface area (Å²) in [7, 11) is 0. The van der Waals surface area contributed by atoms with Crippen LogP contribution < -0.4 is 5.73 Å². The van der Waals surface area contributed by atoms with Crippen LogP contribution in [0.1, 0.15) is 5.56 Å². The van der Waals surface area contributed by atoms with Crippen LogP contribution in [-0.2, 0) is 0 Å². The molecule has 0 saturated heterocycles. The summed E-state index contributed by atoms with van der Waals surface area (Å²) in [6.45, 7) is 0. The highest BCUT2D eigenvalue weighted by atomic mass is 15.3. The van der Waals surface area contributed by atoms with Crippen LogP contribution in [0.15, 0.2) is 24.8 Å². The third-order valence-corrected chi connectivity index (χ3v) is 1.69. The van der Waals surface area contributed by atoms with Crippen molar-refractivity contribution in [2.75, 3.05) is 5.73 Å². The van der Waals surface area contributed by atoms with Crippen LogP contribution in [0.2, 0.25) is 0 Å². The Labute approximate surface area is 79.6 Å². The molecule has 0 bridgehead atoms. The van der Waals surface area contributed by atoms with Gasteiger partial charge in [-0.15, -0.1) is 0 Å². The molecule has 2 N–H and O–H groups in total. The van der Waals surface area contributed by atoms with Crippen LogP contribution in [0, 0.1) is 11.3 Å².